The van der Waals surface area contributed by atoms with E-state index >= 15 is 0 Å². The van der Waals surface area contributed by atoms with Gasteiger partial charge in [-0.25, -0.2) is 0 Å². The second-order valence-corrected chi connectivity index (χ2v) is 3.97. The SMILES string of the molecule is C#CCN(CCC)CCC1CNCCO1. The van der Waals surface area contributed by atoms with E-state index in [0.717, 1.165) is 52.2 Å². The minimum Gasteiger partial charge on any atom is -0.376 e. The molecule has 1 saturated heterocycles. The summed E-state index contributed by atoms with van der Waals surface area (Å²) >= 11 is 0. The standard InChI is InChI=1S/C12H22N2O/c1-3-7-14(8-4-2)9-5-12-11-13-6-10-15-12/h1,12-13H,4-11H2,2H3. The lowest BCUT2D eigenvalue weighted by Gasteiger charge is -2.26. The molecule has 1 heterocycles. The highest BCUT2D eigenvalue weighted by atomic mass is 16.5. The molecule has 1 rings (SSSR count). The van der Waals surface area contributed by atoms with Crippen molar-refractivity contribution in [2.24, 2.45) is 0 Å². The Morgan fingerprint density at radius 2 is 2.40 bits per heavy atom. The van der Waals surface area contributed by atoms with Crippen molar-refractivity contribution < 1.29 is 4.74 Å². The molecule has 0 aliphatic carbocycles. The summed E-state index contributed by atoms with van der Waals surface area (Å²) in [4.78, 5) is 2.32. The quantitative estimate of drug-likeness (QED) is 0.654. The van der Waals surface area contributed by atoms with Crippen LogP contribution in [0.4, 0.5) is 0 Å². The van der Waals surface area contributed by atoms with Gasteiger partial charge in [-0.15, -0.1) is 6.42 Å². The zero-order valence-corrected chi connectivity index (χ0v) is 9.67. The first-order valence-electron chi connectivity index (χ1n) is 5.85. The Kier molecular flexibility index (Phi) is 6.42. The van der Waals surface area contributed by atoms with Gasteiger partial charge >= 0.3 is 0 Å². The molecule has 0 amide bonds. The third-order valence-electron chi connectivity index (χ3n) is 2.63. The molecule has 1 atom stereocenters. The van der Waals surface area contributed by atoms with Gasteiger partial charge in [0.05, 0.1) is 19.3 Å². The summed E-state index contributed by atoms with van der Waals surface area (Å²) in [6.45, 7) is 7.88. The normalized spacial score (nSPS) is 21.5. The van der Waals surface area contributed by atoms with Gasteiger partial charge < -0.3 is 10.1 Å². The summed E-state index contributed by atoms with van der Waals surface area (Å²) < 4.78 is 5.64. The van der Waals surface area contributed by atoms with Crippen molar-refractivity contribution in [1.82, 2.24) is 10.2 Å². The maximum Gasteiger partial charge on any atom is 0.0712 e. The predicted molar refractivity (Wildman–Crippen MR) is 62.8 cm³/mol. The second kappa shape index (κ2) is 7.70. The van der Waals surface area contributed by atoms with Gasteiger partial charge in [0.25, 0.3) is 0 Å². The monoisotopic (exact) mass is 210 g/mol. The van der Waals surface area contributed by atoms with Crippen molar-refractivity contribution >= 4 is 0 Å². The summed E-state index contributed by atoms with van der Waals surface area (Å²) in [6.07, 6.45) is 7.94. The van der Waals surface area contributed by atoms with E-state index in [1.54, 1.807) is 0 Å². The van der Waals surface area contributed by atoms with Crippen molar-refractivity contribution in [3.63, 3.8) is 0 Å². The summed E-state index contributed by atoms with van der Waals surface area (Å²) in [5.41, 5.74) is 0. The van der Waals surface area contributed by atoms with Crippen molar-refractivity contribution in [2.75, 3.05) is 39.3 Å². The van der Waals surface area contributed by atoms with E-state index in [2.05, 4.69) is 23.1 Å². The fourth-order valence-corrected chi connectivity index (χ4v) is 1.85. The lowest BCUT2D eigenvalue weighted by Crippen LogP contribution is -2.40. The molecule has 1 fully saturated rings. The van der Waals surface area contributed by atoms with Gasteiger partial charge in [-0.05, 0) is 19.4 Å². The highest BCUT2D eigenvalue weighted by Crippen LogP contribution is 2.03. The average molecular weight is 210 g/mol. The van der Waals surface area contributed by atoms with Crippen molar-refractivity contribution in [3.8, 4) is 12.3 Å². The molecule has 1 N–H and O–H groups in total. The van der Waals surface area contributed by atoms with Crippen LogP contribution in [0.2, 0.25) is 0 Å². The Labute approximate surface area is 93.2 Å². The summed E-state index contributed by atoms with van der Waals surface area (Å²) in [7, 11) is 0. The Bertz CT molecular complexity index is 194. The maximum absolute atomic E-state index is 5.64. The number of hydrogen-bond donors (Lipinski definition) is 1. The smallest absolute Gasteiger partial charge is 0.0712 e. The van der Waals surface area contributed by atoms with Crippen LogP contribution in [0.5, 0.6) is 0 Å². The molecule has 1 aliphatic rings. The topological polar surface area (TPSA) is 24.5 Å². The Hall–Kier alpha value is -0.560. The van der Waals surface area contributed by atoms with Crippen molar-refractivity contribution in [3.05, 3.63) is 0 Å². The molecule has 1 aliphatic heterocycles. The predicted octanol–water partition coefficient (Wildman–Crippen LogP) is 0.710. The molecule has 0 saturated carbocycles. The minimum atomic E-state index is 0.371. The average Bonchev–Trinajstić information content (AvgIpc) is 2.28. The first-order chi connectivity index (χ1) is 7.36. The lowest BCUT2D eigenvalue weighted by molar-refractivity contribution is 0.0181. The fourth-order valence-electron chi connectivity index (χ4n) is 1.85. The Balaban J connectivity index is 2.16. The molecule has 0 aromatic heterocycles. The Morgan fingerprint density at radius 3 is 3.00 bits per heavy atom. The van der Waals surface area contributed by atoms with Crippen LogP contribution in [-0.4, -0.2) is 50.3 Å². The van der Waals surface area contributed by atoms with E-state index in [4.69, 9.17) is 11.2 Å². The van der Waals surface area contributed by atoms with Gasteiger partial charge in [0.15, 0.2) is 0 Å². The van der Waals surface area contributed by atoms with E-state index in [0.29, 0.717) is 6.10 Å². The molecule has 0 spiro atoms. The molecule has 0 radical (unpaired) electrons. The molecular formula is C12H22N2O. The molecule has 3 heteroatoms. The number of hydrogen-bond acceptors (Lipinski definition) is 3. The molecular weight excluding hydrogens is 188 g/mol. The second-order valence-electron chi connectivity index (χ2n) is 3.97. The van der Waals surface area contributed by atoms with Crippen LogP contribution in [0.15, 0.2) is 0 Å². The zero-order valence-electron chi connectivity index (χ0n) is 9.67. The highest BCUT2D eigenvalue weighted by Gasteiger charge is 2.14. The van der Waals surface area contributed by atoms with Crippen LogP contribution in [0.25, 0.3) is 0 Å². The largest absolute Gasteiger partial charge is 0.376 e. The van der Waals surface area contributed by atoms with Crippen LogP contribution in [0, 0.1) is 12.3 Å². The van der Waals surface area contributed by atoms with E-state index in [1.165, 1.54) is 0 Å². The molecule has 0 aromatic rings. The molecule has 1 unspecified atom stereocenters. The van der Waals surface area contributed by atoms with Gasteiger partial charge in [0, 0.05) is 19.6 Å². The molecule has 0 bridgehead atoms. The zero-order chi connectivity index (χ0) is 10.9. The number of rotatable bonds is 6. The van der Waals surface area contributed by atoms with Gasteiger partial charge in [-0.2, -0.15) is 0 Å². The number of ether oxygens (including phenoxy) is 1. The van der Waals surface area contributed by atoms with Gasteiger partial charge in [-0.3, -0.25) is 4.90 Å². The van der Waals surface area contributed by atoms with E-state index in [-0.39, 0.29) is 0 Å². The van der Waals surface area contributed by atoms with E-state index in [1.807, 2.05) is 0 Å². The van der Waals surface area contributed by atoms with Crippen molar-refractivity contribution in [1.29, 1.82) is 0 Å². The lowest BCUT2D eigenvalue weighted by atomic mass is 10.2. The van der Waals surface area contributed by atoms with E-state index in [9.17, 15) is 0 Å². The van der Waals surface area contributed by atoms with Crippen LogP contribution in [0.1, 0.15) is 19.8 Å². The van der Waals surface area contributed by atoms with Crippen LogP contribution < -0.4 is 5.32 Å². The molecule has 0 aromatic carbocycles. The Morgan fingerprint density at radius 1 is 1.53 bits per heavy atom. The third kappa shape index (κ3) is 5.17. The summed E-state index contributed by atoms with van der Waals surface area (Å²) in [6, 6.07) is 0. The maximum atomic E-state index is 5.64. The van der Waals surface area contributed by atoms with Gasteiger partial charge in [-0.1, -0.05) is 12.8 Å². The minimum absolute atomic E-state index is 0.371. The van der Waals surface area contributed by atoms with Gasteiger partial charge in [0.1, 0.15) is 0 Å². The number of nitrogens with one attached hydrogen (secondary N) is 1. The van der Waals surface area contributed by atoms with E-state index < -0.39 is 0 Å². The van der Waals surface area contributed by atoms with Crippen LogP contribution >= 0.6 is 0 Å². The molecule has 86 valence electrons. The first-order valence-corrected chi connectivity index (χ1v) is 5.85. The summed E-state index contributed by atoms with van der Waals surface area (Å²) in [5.74, 6) is 2.71. The van der Waals surface area contributed by atoms with Crippen LogP contribution in [-0.2, 0) is 4.74 Å². The van der Waals surface area contributed by atoms with Crippen LogP contribution in [0.3, 0.4) is 0 Å². The highest BCUT2D eigenvalue weighted by molar-refractivity contribution is 4.88. The fraction of sp³-hybridized carbons (Fsp3) is 0.833. The van der Waals surface area contributed by atoms with Crippen molar-refractivity contribution in [2.45, 2.75) is 25.9 Å². The summed E-state index contributed by atoms with van der Waals surface area (Å²) in [5, 5.41) is 3.34. The first kappa shape index (κ1) is 12.5. The van der Waals surface area contributed by atoms with Gasteiger partial charge in [0.2, 0.25) is 0 Å². The molecule has 15 heavy (non-hydrogen) atoms. The number of terminal acetylenes is 1. The molecule has 3 nitrogen and oxygen atoms in total. The number of nitrogens with zero attached hydrogens (tertiary/aromatic N) is 1. The third-order valence-corrected chi connectivity index (χ3v) is 2.63. The number of morpholine rings is 1.